The highest BCUT2D eigenvalue weighted by Gasteiger charge is 2.24. The summed E-state index contributed by atoms with van der Waals surface area (Å²) in [6.45, 7) is 3.41. The summed E-state index contributed by atoms with van der Waals surface area (Å²) in [6, 6.07) is 10.7. The summed E-state index contributed by atoms with van der Waals surface area (Å²) in [5.41, 5.74) is 0.521. The molecule has 0 aliphatic carbocycles. The standard InChI is InChI=1S/C19H18ClNO5S/c1-11(2)21-27(23,24)18-9-12(8-14(20)19(18)25-3)17-10-15(22)13-6-4-5-7-16(13)26-17/h4-11,21H,1-3H3. The lowest BCUT2D eigenvalue weighted by Crippen LogP contribution is -2.30. The Labute approximate surface area is 161 Å². The van der Waals surface area contributed by atoms with E-state index in [1.54, 1.807) is 38.1 Å². The number of fused-ring (bicyclic) bond motifs is 1. The fourth-order valence-electron chi connectivity index (χ4n) is 2.73. The van der Waals surface area contributed by atoms with Crippen molar-refractivity contribution in [1.82, 2.24) is 4.72 Å². The zero-order valence-corrected chi connectivity index (χ0v) is 16.5. The molecule has 0 fully saturated rings. The van der Waals surface area contributed by atoms with Gasteiger partial charge in [-0.1, -0.05) is 23.7 Å². The second kappa shape index (κ2) is 7.34. The normalized spacial score (nSPS) is 11.9. The first-order chi connectivity index (χ1) is 12.7. The second-order valence-corrected chi connectivity index (χ2v) is 8.33. The Morgan fingerprint density at radius 1 is 1.15 bits per heavy atom. The molecule has 0 atom stereocenters. The second-order valence-electron chi connectivity index (χ2n) is 6.24. The maximum atomic E-state index is 12.7. The highest BCUT2D eigenvalue weighted by atomic mass is 35.5. The fraction of sp³-hybridized carbons (Fsp3) is 0.211. The minimum Gasteiger partial charge on any atom is -0.494 e. The van der Waals surface area contributed by atoms with E-state index in [-0.39, 0.29) is 32.9 Å². The van der Waals surface area contributed by atoms with Crippen molar-refractivity contribution in [1.29, 1.82) is 0 Å². The number of benzene rings is 2. The Kier molecular flexibility index (Phi) is 5.28. The number of nitrogens with one attached hydrogen (secondary N) is 1. The quantitative estimate of drug-likeness (QED) is 0.695. The van der Waals surface area contributed by atoms with Crippen LogP contribution >= 0.6 is 11.6 Å². The molecule has 2 aromatic carbocycles. The van der Waals surface area contributed by atoms with Gasteiger partial charge in [-0.25, -0.2) is 13.1 Å². The van der Waals surface area contributed by atoms with E-state index in [4.69, 9.17) is 20.8 Å². The number of halogens is 1. The Morgan fingerprint density at radius 3 is 2.52 bits per heavy atom. The molecule has 0 radical (unpaired) electrons. The molecule has 1 aromatic heterocycles. The molecule has 0 aliphatic rings. The minimum absolute atomic E-state index is 0.0247. The monoisotopic (exact) mass is 407 g/mol. The average molecular weight is 408 g/mol. The van der Waals surface area contributed by atoms with Crippen LogP contribution in [0.4, 0.5) is 0 Å². The Bertz CT molecular complexity index is 1170. The zero-order chi connectivity index (χ0) is 19.8. The van der Waals surface area contributed by atoms with E-state index in [2.05, 4.69) is 4.72 Å². The van der Waals surface area contributed by atoms with Crippen molar-refractivity contribution in [3.05, 3.63) is 57.7 Å². The molecule has 0 spiro atoms. The summed E-state index contributed by atoms with van der Waals surface area (Å²) >= 11 is 6.25. The van der Waals surface area contributed by atoms with Gasteiger partial charge in [-0.2, -0.15) is 0 Å². The number of methoxy groups -OCH3 is 1. The fourth-order valence-corrected chi connectivity index (χ4v) is 4.55. The van der Waals surface area contributed by atoms with Gasteiger partial charge in [-0.15, -0.1) is 0 Å². The van der Waals surface area contributed by atoms with E-state index in [1.807, 2.05) is 0 Å². The van der Waals surface area contributed by atoms with Crippen LogP contribution in [0.15, 0.2) is 56.6 Å². The number of hydrogen-bond acceptors (Lipinski definition) is 5. The van der Waals surface area contributed by atoms with Crippen molar-refractivity contribution in [2.75, 3.05) is 7.11 Å². The van der Waals surface area contributed by atoms with Crippen LogP contribution in [0.25, 0.3) is 22.3 Å². The lowest BCUT2D eigenvalue weighted by Gasteiger charge is -2.15. The molecular formula is C19H18ClNO5S. The summed E-state index contributed by atoms with van der Waals surface area (Å²) in [4.78, 5) is 12.2. The highest BCUT2D eigenvalue weighted by molar-refractivity contribution is 7.89. The van der Waals surface area contributed by atoms with Gasteiger partial charge in [0.2, 0.25) is 10.0 Å². The molecule has 27 heavy (non-hydrogen) atoms. The van der Waals surface area contributed by atoms with Crippen molar-refractivity contribution in [2.45, 2.75) is 24.8 Å². The molecule has 3 rings (SSSR count). The Hall–Kier alpha value is -2.35. The van der Waals surface area contributed by atoms with Crippen LogP contribution in [0, 0.1) is 0 Å². The van der Waals surface area contributed by atoms with Gasteiger partial charge in [0, 0.05) is 17.7 Å². The van der Waals surface area contributed by atoms with Gasteiger partial charge in [0.25, 0.3) is 0 Å². The SMILES string of the molecule is COc1c(Cl)cc(-c2cc(=O)c3ccccc3o2)cc1S(=O)(=O)NC(C)C. The maximum Gasteiger partial charge on any atom is 0.244 e. The third kappa shape index (κ3) is 3.85. The molecule has 0 aliphatic heterocycles. The summed E-state index contributed by atoms with van der Waals surface area (Å²) in [5, 5.41) is 0.533. The third-order valence-corrected chi connectivity index (χ3v) is 5.76. The van der Waals surface area contributed by atoms with Crippen LogP contribution in [-0.4, -0.2) is 21.6 Å². The van der Waals surface area contributed by atoms with Gasteiger partial charge in [0.15, 0.2) is 11.2 Å². The summed E-state index contributed by atoms with van der Waals surface area (Å²) in [7, 11) is -2.55. The first-order valence-corrected chi connectivity index (χ1v) is 10.0. The third-order valence-electron chi connectivity index (χ3n) is 3.81. The van der Waals surface area contributed by atoms with Gasteiger partial charge in [-0.3, -0.25) is 4.79 Å². The minimum atomic E-state index is -3.89. The lowest BCUT2D eigenvalue weighted by molar-refractivity contribution is 0.402. The molecular weight excluding hydrogens is 390 g/mol. The van der Waals surface area contributed by atoms with E-state index in [0.717, 1.165) is 0 Å². The molecule has 0 bridgehead atoms. The number of sulfonamides is 1. The van der Waals surface area contributed by atoms with Gasteiger partial charge in [0.05, 0.1) is 17.5 Å². The smallest absolute Gasteiger partial charge is 0.244 e. The van der Waals surface area contributed by atoms with Crippen molar-refractivity contribution in [3.63, 3.8) is 0 Å². The molecule has 1 heterocycles. The summed E-state index contributed by atoms with van der Waals surface area (Å²) < 4.78 is 38.9. The number of hydrogen-bond donors (Lipinski definition) is 1. The van der Waals surface area contributed by atoms with Crippen molar-refractivity contribution >= 4 is 32.6 Å². The topological polar surface area (TPSA) is 85.6 Å². The molecule has 0 unspecified atom stereocenters. The van der Waals surface area contributed by atoms with Crippen molar-refractivity contribution in [3.8, 4) is 17.1 Å². The molecule has 8 heteroatoms. The summed E-state index contributed by atoms with van der Waals surface area (Å²) in [6.07, 6.45) is 0. The van der Waals surface area contributed by atoms with Crippen LogP contribution in [0.5, 0.6) is 5.75 Å². The molecule has 0 amide bonds. The lowest BCUT2D eigenvalue weighted by atomic mass is 10.1. The Morgan fingerprint density at radius 2 is 1.85 bits per heavy atom. The van der Waals surface area contributed by atoms with Crippen molar-refractivity contribution in [2.24, 2.45) is 0 Å². The number of rotatable bonds is 5. The molecule has 1 N–H and O–H groups in total. The van der Waals surface area contributed by atoms with Crippen molar-refractivity contribution < 1.29 is 17.6 Å². The molecule has 0 saturated heterocycles. The predicted octanol–water partition coefficient (Wildman–Crippen LogP) is 3.81. The highest BCUT2D eigenvalue weighted by Crippen LogP contribution is 2.37. The molecule has 0 saturated carbocycles. The van der Waals surface area contributed by atoms with Gasteiger partial charge < -0.3 is 9.15 Å². The van der Waals surface area contributed by atoms with E-state index >= 15 is 0 Å². The molecule has 142 valence electrons. The van der Waals surface area contributed by atoms with Crippen LogP contribution < -0.4 is 14.9 Å². The largest absolute Gasteiger partial charge is 0.494 e. The van der Waals surface area contributed by atoms with E-state index in [1.165, 1.54) is 25.3 Å². The molecule has 3 aromatic rings. The van der Waals surface area contributed by atoms with Gasteiger partial charge >= 0.3 is 0 Å². The van der Waals surface area contributed by atoms with Gasteiger partial charge in [-0.05, 0) is 38.1 Å². The van der Waals surface area contributed by atoms with Crippen LogP contribution in [-0.2, 0) is 10.0 Å². The molecule has 6 nitrogen and oxygen atoms in total. The van der Waals surface area contributed by atoms with E-state index < -0.39 is 10.0 Å². The van der Waals surface area contributed by atoms with Crippen LogP contribution in [0.2, 0.25) is 5.02 Å². The number of ether oxygens (including phenoxy) is 1. The number of para-hydroxylation sites is 1. The maximum absolute atomic E-state index is 12.7. The predicted molar refractivity (Wildman–Crippen MR) is 105 cm³/mol. The first kappa shape index (κ1) is 19.4. The average Bonchev–Trinajstić information content (AvgIpc) is 2.60. The Balaban J connectivity index is 2.25. The van der Waals surface area contributed by atoms with E-state index in [0.29, 0.717) is 16.5 Å². The van der Waals surface area contributed by atoms with E-state index in [9.17, 15) is 13.2 Å². The zero-order valence-electron chi connectivity index (χ0n) is 14.9. The van der Waals surface area contributed by atoms with Crippen LogP contribution in [0.3, 0.4) is 0 Å². The summed E-state index contributed by atoms with van der Waals surface area (Å²) in [5.74, 6) is 0.237. The first-order valence-electron chi connectivity index (χ1n) is 8.16. The van der Waals surface area contributed by atoms with Gasteiger partial charge in [0.1, 0.15) is 16.2 Å². The van der Waals surface area contributed by atoms with Crippen LogP contribution in [0.1, 0.15) is 13.8 Å².